The molecule has 1 aromatic carbocycles. The van der Waals surface area contributed by atoms with Gasteiger partial charge in [-0.2, -0.15) is 5.26 Å². The van der Waals surface area contributed by atoms with Crippen LogP contribution in [0.25, 0.3) is 0 Å². The van der Waals surface area contributed by atoms with E-state index in [1.54, 1.807) is 45.0 Å². The lowest BCUT2D eigenvalue weighted by Gasteiger charge is -2.19. The summed E-state index contributed by atoms with van der Waals surface area (Å²) in [4.78, 5) is 34.7. The second-order valence-electron chi connectivity index (χ2n) is 6.42. The number of nitriles is 1. The molecule has 0 unspecified atom stereocenters. The van der Waals surface area contributed by atoms with Gasteiger partial charge < -0.3 is 20.1 Å². The molecule has 0 aromatic heterocycles. The highest BCUT2D eigenvalue weighted by Gasteiger charge is 2.16. The molecule has 0 spiro atoms. The highest BCUT2D eigenvalue weighted by Crippen LogP contribution is 2.10. The minimum absolute atomic E-state index is 0.0513. The Kier molecular flexibility index (Phi) is 8.09. The number of anilines is 1. The summed E-state index contributed by atoms with van der Waals surface area (Å²) in [7, 11) is 0. The van der Waals surface area contributed by atoms with Gasteiger partial charge in [0.05, 0.1) is 18.9 Å². The first-order valence-corrected chi connectivity index (χ1v) is 8.08. The number of nitrogens with zero attached hydrogens (tertiary/aromatic N) is 1. The van der Waals surface area contributed by atoms with Gasteiger partial charge in [-0.05, 0) is 38.5 Å². The molecular weight excluding hydrogens is 338 g/mol. The Morgan fingerprint density at radius 1 is 1.15 bits per heavy atom. The summed E-state index contributed by atoms with van der Waals surface area (Å²) in [5, 5.41) is 13.6. The van der Waals surface area contributed by atoms with Crippen molar-refractivity contribution < 1.29 is 23.9 Å². The fraction of sp³-hybridized carbons (Fsp3) is 0.444. The lowest BCUT2D eigenvalue weighted by molar-refractivity contribution is -0.147. The van der Waals surface area contributed by atoms with Gasteiger partial charge in [-0.15, -0.1) is 0 Å². The highest BCUT2D eigenvalue weighted by molar-refractivity contribution is 5.92. The molecule has 26 heavy (non-hydrogen) atoms. The average Bonchev–Trinajstić information content (AvgIpc) is 2.53. The highest BCUT2D eigenvalue weighted by atomic mass is 16.6. The predicted octanol–water partition coefficient (Wildman–Crippen LogP) is 2.15. The zero-order valence-electron chi connectivity index (χ0n) is 15.1. The molecule has 0 aliphatic heterocycles. The molecule has 0 saturated carbocycles. The standard InChI is InChI=1S/C18H23N3O5/c1-18(2,3)26-17(24)20-11-9-16(23)25-12-15(22)21-14-6-4-13(5-7-14)8-10-19/h4-7H,8-9,11-12H2,1-3H3,(H,20,24)(H,21,22). The first-order valence-electron chi connectivity index (χ1n) is 8.08. The number of amides is 2. The number of hydrogen-bond donors (Lipinski definition) is 2. The van der Waals surface area contributed by atoms with Gasteiger partial charge in [-0.25, -0.2) is 4.79 Å². The zero-order chi connectivity index (χ0) is 19.6. The number of nitrogens with one attached hydrogen (secondary N) is 2. The lowest BCUT2D eigenvalue weighted by Crippen LogP contribution is -2.34. The van der Waals surface area contributed by atoms with Crippen molar-refractivity contribution >= 4 is 23.7 Å². The van der Waals surface area contributed by atoms with Crippen molar-refractivity contribution in [2.75, 3.05) is 18.5 Å². The van der Waals surface area contributed by atoms with Crippen LogP contribution < -0.4 is 10.6 Å². The topological polar surface area (TPSA) is 118 Å². The van der Waals surface area contributed by atoms with Gasteiger partial charge in [-0.3, -0.25) is 9.59 Å². The first kappa shape index (κ1) is 21.0. The maximum atomic E-state index is 11.7. The van der Waals surface area contributed by atoms with E-state index in [0.717, 1.165) is 5.56 Å². The van der Waals surface area contributed by atoms with Crippen LogP contribution in [0.1, 0.15) is 32.8 Å². The zero-order valence-corrected chi connectivity index (χ0v) is 15.1. The van der Waals surface area contributed by atoms with Crippen LogP contribution in [-0.2, 0) is 25.5 Å². The summed E-state index contributed by atoms with van der Waals surface area (Å²) in [5.41, 5.74) is 0.768. The number of ether oxygens (including phenoxy) is 2. The van der Waals surface area contributed by atoms with E-state index < -0.39 is 30.2 Å². The van der Waals surface area contributed by atoms with Crippen LogP contribution in [-0.4, -0.2) is 36.7 Å². The van der Waals surface area contributed by atoms with Crippen molar-refractivity contribution in [2.45, 2.75) is 39.2 Å². The summed E-state index contributed by atoms with van der Waals surface area (Å²) in [5.74, 6) is -1.09. The number of hydrogen-bond acceptors (Lipinski definition) is 6. The second-order valence-corrected chi connectivity index (χ2v) is 6.42. The van der Waals surface area contributed by atoms with Crippen molar-refractivity contribution in [2.24, 2.45) is 0 Å². The average molecular weight is 361 g/mol. The molecule has 0 aliphatic rings. The van der Waals surface area contributed by atoms with Crippen LogP contribution in [0.3, 0.4) is 0 Å². The smallest absolute Gasteiger partial charge is 0.407 e. The minimum atomic E-state index is -0.622. The minimum Gasteiger partial charge on any atom is -0.456 e. The van der Waals surface area contributed by atoms with Gasteiger partial charge in [-0.1, -0.05) is 12.1 Å². The molecule has 0 saturated heterocycles. The Morgan fingerprint density at radius 3 is 2.38 bits per heavy atom. The fourth-order valence-corrected chi connectivity index (χ4v) is 1.79. The molecule has 1 aromatic rings. The summed E-state index contributed by atoms with van der Waals surface area (Å²) in [6.45, 7) is 4.82. The van der Waals surface area contributed by atoms with Crippen LogP contribution in [0.15, 0.2) is 24.3 Å². The predicted molar refractivity (Wildman–Crippen MR) is 94.2 cm³/mol. The van der Waals surface area contributed by atoms with Gasteiger partial charge in [0.25, 0.3) is 5.91 Å². The molecule has 0 fully saturated rings. The van der Waals surface area contributed by atoms with Crippen molar-refractivity contribution in [3.05, 3.63) is 29.8 Å². The van der Waals surface area contributed by atoms with Crippen LogP contribution in [0.2, 0.25) is 0 Å². The van der Waals surface area contributed by atoms with Gasteiger partial charge in [0, 0.05) is 12.2 Å². The van der Waals surface area contributed by atoms with Gasteiger partial charge in [0.15, 0.2) is 6.61 Å². The molecule has 0 bridgehead atoms. The lowest BCUT2D eigenvalue weighted by atomic mass is 10.1. The molecule has 2 amide bonds. The van der Waals surface area contributed by atoms with Crippen LogP contribution in [0.4, 0.5) is 10.5 Å². The molecule has 8 heteroatoms. The quantitative estimate of drug-likeness (QED) is 0.719. The van der Waals surface area contributed by atoms with E-state index in [1.807, 2.05) is 6.07 Å². The third kappa shape index (κ3) is 9.27. The molecule has 1 rings (SSSR count). The van der Waals surface area contributed by atoms with E-state index in [1.165, 1.54) is 0 Å². The maximum Gasteiger partial charge on any atom is 0.407 e. The summed E-state index contributed by atoms with van der Waals surface area (Å²) in [6.07, 6.45) is -0.402. The molecule has 8 nitrogen and oxygen atoms in total. The van der Waals surface area contributed by atoms with E-state index in [2.05, 4.69) is 10.6 Å². The first-order chi connectivity index (χ1) is 12.2. The molecule has 2 N–H and O–H groups in total. The Morgan fingerprint density at radius 2 is 1.81 bits per heavy atom. The van der Waals surface area contributed by atoms with Gasteiger partial charge in [0.1, 0.15) is 5.60 Å². The van der Waals surface area contributed by atoms with Gasteiger partial charge in [0.2, 0.25) is 0 Å². The SMILES string of the molecule is CC(C)(C)OC(=O)NCCC(=O)OCC(=O)Nc1ccc(CC#N)cc1. The third-order valence-corrected chi connectivity index (χ3v) is 2.88. The van der Waals surface area contributed by atoms with E-state index in [-0.39, 0.29) is 13.0 Å². The van der Waals surface area contributed by atoms with Crippen LogP contribution in [0, 0.1) is 11.3 Å². The molecule has 0 heterocycles. The van der Waals surface area contributed by atoms with Crippen molar-refractivity contribution in [1.82, 2.24) is 5.32 Å². The van der Waals surface area contributed by atoms with E-state index >= 15 is 0 Å². The van der Waals surface area contributed by atoms with Crippen LogP contribution in [0.5, 0.6) is 0 Å². The van der Waals surface area contributed by atoms with Crippen molar-refractivity contribution in [3.63, 3.8) is 0 Å². The number of alkyl carbamates (subject to hydrolysis) is 1. The molecule has 140 valence electrons. The molecule has 0 aliphatic carbocycles. The summed E-state index contributed by atoms with van der Waals surface area (Å²) in [6, 6.07) is 8.82. The Labute approximate surface area is 152 Å². The van der Waals surface area contributed by atoms with E-state index in [0.29, 0.717) is 12.1 Å². The number of esters is 1. The Hall–Kier alpha value is -3.08. The van der Waals surface area contributed by atoms with E-state index in [4.69, 9.17) is 14.7 Å². The number of benzene rings is 1. The normalized spacial score (nSPS) is 10.4. The largest absolute Gasteiger partial charge is 0.456 e. The Balaban J connectivity index is 2.24. The van der Waals surface area contributed by atoms with Crippen molar-refractivity contribution in [1.29, 1.82) is 5.26 Å². The van der Waals surface area contributed by atoms with Gasteiger partial charge >= 0.3 is 12.1 Å². The summed E-state index contributed by atoms with van der Waals surface area (Å²) >= 11 is 0. The number of carbonyl (C=O) groups excluding carboxylic acids is 3. The monoisotopic (exact) mass is 361 g/mol. The van der Waals surface area contributed by atoms with E-state index in [9.17, 15) is 14.4 Å². The maximum absolute atomic E-state index is 11.7. The number of rotatable bonds is 7. The molecular formula is C18H23N3O5. The Bertz CT molecular complexity index is 672. The fourth-order valence-electron chi connectivity index (χ4n) is 1.79. The molecule has 0 radical (unpaired) electrons. The number of carbonyl (C=O) groups is 3. The second kappa shape index (κ2) is 10.0. The third-order valence-electron chi connectivity index (χ3n) is 2.88. The summed E-state index contributed by atoms with van der Waals surface area (Å²) < 4.78 is 9.86. The molecule has 0 atom stereocenters. The van der Waals surface area contributed by atoms with Crippen molar-refractivity contribution in [3.8, 4) is 6.07 Å². The van der Waals surface area contributed by atoms with Crippen LogP contribution >= 0.6 is 0 Å².